The standard InChI is InChI=1S/C18H28N2O3S/c1-12(2)24(22,23)20-16-15(10-11-19-17(16)21)13-6-8-14(9-7-13)18(3,4)5/h6-9,12,15-16,20H,10-11H2,1-5H3,(H,19,21). The quantitative estimate of drug-likeness (QED) is 0.873. The highest BCUT2D eigenvalue weighted by Crippen LogP contribution is 2.29. The molecule has 2 unspecified atom stereocenters. The van der Waals surface area contributed by atoms with E-state index in [0.29, 0.717) is 13.0 Å². The Balaban J connectivity index is 2.30. The minimum atomic E-state index is -3.51. The van der Waals surface area contributed by atoms with Gasteiger partial charge in [-0.25, -0.2) is 13.1 Å². The van der Waals surface area contributed by atoms with Crippen LogP contribution in [0.2, 0.25) is 0 Å². The molecule has 0 radical (unpaired) electrons. The van der Waals surface area contributed by atoms with Gasteiger partial charge in [0.25, 0.3) is 0 Å². The molecule has 5 nitrogen and oxygen atoms in total. The molecule has 0 aliphatic carbocycles. The van der Waals surface area contributed by atoms with E-state index >= 15 is 0 Å². The molecule has 2 rings (SSSR count). The molecule has 0 aromatic heterocycles. The number of carbonyl (C=O) groups is 1. The van der Waals surface area contributed by atoms with Gasteiger partial charge in [-0.1, -0.05) is 45.0 Å². The largest absolute Gasteiger partial charge is 0.355 e. The number of hydrogen-bond acceptors (Lipinski definition) is 3. The number of sulfonamides is 1. The molecule has 24 heavy (non-hydrogen) atoms. The minimum absolute atomic E-state index is 0.0566. The van der Waals surface area contributed by atoms with Gasteiger partial charge in [0, 0.05) is 12.5 Å². The van der Waals surface area contributed by atoms with Crippen molar-refractivity contribution < 1.29 is 13.2 Å². The molecule has 0 spiro atoms. The van der Waals surface area contributed by atoms with E-state index in [4.69, 9.17) is 0 Å². The van der Waals surface area contributed by atoms with Gasteiger partial charge >= 0.3 is 0 Å². The number of nitrogens with one attached hydrogen (secondary N) is 2. The lowest BCUT2D eigenvalue weighted by atomic mass is 9.82. The highest BCUT2D eigenvalue weighted by atomic mass is 32.2. The van der Waals surface area contributed by atoms with Crippen LogP contribution in [0.4, 0.5) is 0 Å². The van der Waals surface area contributed by atoms with E-state index in [-0.39, 0.29) is 17.2 Å². The second kappa shape index (κ2) is 6.84. The zero-order chi connectivity index (χ0) is 18.1. The van der Waals surface area contributed by atoms with Crippen LogP contribution in [-0.4, -0.2) is 32.2 Å². The fraction of sp³-hybridized carbons (Fsp3) is 0.611. The Hall–Kier alpha value is -1.40. The normalized spacial score (nSPS) is 22.5. The average molecular weight is 353 g/mol. The number of piperidine rings is 1. The molecule has 1 heterocycles. The molecule has 1 aliphatic heterocycles. The molecule has 1 saturated heterocycles. The van der Waals surface area contributed by atoms with Crippen molar-refractivity contribution in [3.63, 3.8) is 0 Å². The summed E-state index contributed by atoms with van der Waals surface area (Å²) in [5, 5.41) is 2.19. The summed E-state index contributed by atoms with van der Waals surface area (Å²) < 4.78 is 27.0. The summed E-state index contributed by atoms with van der Waals surface area (Å²) in [6.45, 7) is 10.2. The van der Waals surface area contributed by atoms with E-state index in [1.807, 2.05) is 12.1 Å². The van der Waals surface area contributed by atoms with Crippen molar-refractivity contribution in [3.05, 3.63) is 35.4 Å². The van der Waals surface area contributed by atoms with E-state index in [2.05, 4.69) is 42.9 Å². The lowest BCUT2D eigenvalue weighted by Crippen LogP contribution is -2.55. The molecule has 1 aromatic rings. The van der Waals surface area contributed by atoms with Crippen molar-refractivity contribution in [1.29, 1.82) is 0 Å². The van der Waals surface area contributed by atoms with Gasteiger partial charge in [-0.2, -0.15) is 0 Å². The average Bonchev–Trinajstić information content (AvgIpc) is 2.48. The second-order valence-electron chi connectivity index (χ2n) is 7.75. The van der Waals surface area contributed by atoms with Crippen molar-refractivity contribution in [3.8, 4) is 0 Å². The third kappa shape index (κ3) is 4.16. The highest BCUT2D eigenvalue weighted by molar-refractivity contribution is 7.90. The molecule has 0 saturated carbocycles. The van der Waals surface area contributed by atoms with Crippen LogP contribution in [0.15, 0.2) is 24.3 Å². The zero-order valence-electron chi connectivity index (χ0n) is 15.1. The summed E-state index contributed by atoms with van der Waals surface area (Å²) in [7, 11) is -3.51. The number of carbonyl (C=O) groups excluding carboxylic acids is 1. The summed E-state index contributed by atoms with van der Waals surface area (Å²) in [4.78, 5) is 12.3. The van der Waals surface area contributed by atoms with Gasteiger partial charge < -0.3 is 5.32 Å². The number of benzene rings is 1. The summed E-state index contributed by atoms with van der Waals surface area (Å²) >= 11 is 0. The van der Waals surface area contributed by atoms with Crippen LogP contribution >= 0.6 is 0 Å². The molecule has 2 atom stereocenters. The zero-order valence-corrected chi connectivity index (χ0v) is 15.9. The Morgan fingerprint density at radius 1 is 1.17 bits per heavy atom. The first-order chi connectivity index (χ1) is 11.0. The van der Waals surface area contributed by atoms with Crippen LogP contribution in [0.5, 0.6) is 0 Å². The molecular formula is C18H28N2O3S. The molecule has 1 fully saturated rings. The third-order valence-corrected chi connectivity index (χ3v) is 6.38. The maximum atomic E-state index is 12.3. The molecule has 1 amide bonds. The van der Waals surface area contributed by atoms with Crippen molar-refractivity contribution >= 4 is 15.9 Å². The SMILES string of the molecule is CC(C)S(=O)(=O)NC1C(=O)NCCC1c1ccc(C(C)(C)C)cc1. The van der Waals surface area contributed by atoms with Gasteiger partial charge in [0.2, 0.25) is 15.9 Å². The Bertz CT molecular complexity index is 688. The second-order valence-corrected chi connectivity index (χ2v) is 10.0. The molecule has 1 aliphatic rings. The van der Waals surface area contributed by atoms with Crippen LogP contribution in [0.25, 0.3) is 0 Å². The van der Waals surface area contributed by atoms with Crippen molar-refractivity contribution in [1.82, 2.24) is 10.0 Å². The van der Waals surface area contributed by atoms with Crippen LogP contribution in [0, 0.1) is 0 Å². The van der Waals surface area contributed by atoms with Crippen LogP contribution in [0.3, 0.4) is 0 Å². The first kappa shape index (κ1) is 18.9. The fourth-order valence-electron chi connectivity index (χ4n) is 2.85. The van der Waals surface area contributed by atoms with Crippen LogP contribution in [-0.2, 0) is 20.2 Å². The first-order valence-electron chi connectivity index (χ1n) is 8.41. The molecule has 1 aromatic carbocycles. The van der Waals surface area contributed by atoms with Crippen molar-refractivity contribution in [2.75, 3.05) is 6.54 Å². The predicted molar refractivity (Wildman–Crippen MR) is 96.5 cm³/mol. The molecule has 0 bridgehead atoms. The number of amides is 1. The van der Waals surface area contributed by atoms with Crippen molar-refractivity contribution in [2.45, 2.75) is 63.7 Å². The summed E-state index contributed by atoms with van der Waals surface area (Å²) in [5.74, 6) is -0.406. The fourth-order valence-corrected chi connectivity index (χ4v) is 3.75. The lowest BCUT2D eigenvalue weighted by molar-refractivity contribution is -0.124. The summed E-state index contributed by atoms with van der Waals surface area (Å²) in [6, 6.07) is 7.40. The van der Waals surface area contributed by atoms with Gasteiger partial charge in [0.1, 0.15) is 6.04 Å². The number of rotatable bonds is 4. The van der Waals surface area contributed by atoms with Crippen LogP contribution < -0.4 is 10.0 Å². The van der Waals surface area contributed by atoms with E-state index < -0.39 is 21.3 Å². The van der Waals surface area contributed by atoms with Gasteiger partial charge in [0.05, 0.1) is 5.25 Å². The van der Waals surface area contributed by atoms with E-state index in [1.165, 1.54) is 5.56 Å². The molecule has 2 N–H and O–H groups in total. The van der Waals surface area contributed by atoms with Gasteiger partial charge in [-0.15, -0.1) is 0 Å². The molecule has 134 valence electrons. The summed E-state index contributed by atoms with van der Waals surface area (Å²) in [6.07, 6.45) is 0.714. The Kier molecular flexibility index (Phi) is 5.40. The maximum absolute atomic E-state index is 12.3. The maximum Gasteiger partial charge on any atom is 0.238 e. The first-order valence-corrected chi connectivity index (χ1v) is 9.96. The smallest absolute Gasteiger partial charge is 0.238 e. The van der Waals surface area contributed by atoms with Gasteiger partial charge in [0.15, 0.2) is 0 Å². The van der Waals surface area contributed by atoms with E-state index in [1.54, 1.807) is 13.8 Å². The molecule has 6 heteroatoms. The van der Waals surface area contributed by atoms with Gasteiger partial charge in [-0.3, -0.25) is 4.79 Å². The monoisotopic (exact) mass is 352 g/mol. The van der Waals surface area contributed by atoms with E-state index in [0.717, 1.165) is 5.56 Å². The predicted octanol–water partition coefficient (Wildman–Crippen LogP) is 2.28. The summed E-state index contributed by atoms with van der Waals surface area (Å²) in [5.41, 5.74) is 2.27. The molecular weight excluding hydrogens is 324 g/mol. The van der Waals surface area contributed by atoms with Crippen LogP contribution in [0.1, 0.15) is 58.1 Å². The minimum Gasteiger partial charge on any atom is -0.355 e. The van der Waals surface area contributed by atoms with Gasteiger partial charge in [-0.05, 0) is 36.8 Å². The Morgan fingerprint density at radius 2 is 1.75 bits per heavy atom. The highest BCUT2D eigenvalue weighted by Gasteiger charge is 2.36. The Morgan fingerprint density at radius 3 is 2.25 bits per heavy atom. The van der Waals surface area contributed by atoms with E-state index in [9.17, 15) is 13.2 Å². The third-order valence-electron chi connectivity index (χ3n) is 4.56. The Labute approximate surface area is 145 Å². The number of hydrogen-bond donors (Lipinski definition) is 2. The topological polar surface area (TPSA) is 75.3 Å². The van der Waals surface area contributed by atoms with Crippen molar-refractivity contribution in [2.24, 2.45) is 0 Å². The lowest BCUT2D eigenvalue weighted by Gasteiger charge is -2.32.